The maximum Gasteiger partial charge on any atom is 2.00 e. The average molecular weight is 920 g/mol. The number of fused-ring (bicyclic) bond motifs is 8. The molecule has 0 radical (unpaired) electrons. The van der Waals surface area contributed by atoms with Crippen molar-refractivity contribution in [3.63, 3.8) is 0 Å². The van der Waals surface area contributed by atoms with Crippen molar-refractivity contribution in [3.05, 3.63) is 150 Å². The monoisotopic (exact) mass is 920 g/mol. The summed E-state index contributed by atoms with van der Waals surface area (Å²) in [6.07, 6.45) is 0. The number of rotatable bonds is 2. The summed E-state index contributed by atoms with van der Waals surface area (Å²) in [5, 5.41) is 1.83. The van der Waals surface area contributed by atoms with Gasteiger partial charge in [-0.1, -0.05) is 36.4 Å². The standard InChI is InChI=1S/2C20H12N2O5S.Ba/c2*23-19-10-4-1-2-5-13(10)21-15-9-12-16(8-11(15)19)22-14-6-3-7-17(28(25,26)27)18(14)20(12)24;/h2*1-9H,(H,21,23)(H,22,24)(H,25,26,27);/q;;+2/p-2. The molecule has 4 N–H and O–H groups in total. The van der Waals surface area contributed by atoms with Crippen molar-refractivity contribution in [1.82, 2.24) is 19.9 Å². The third-order valence-electron chi connectivity index (χ3n) is 9.76. The van der Waals surface area contributed by atoms with Gasteiger partial charge in [0.25, 0.3) is 0 Å². The first kappa shape index (κ1) is 38.5. The van der Waals surface area contributed by atoms with Gasteiger partial charge in [-0.15, -0.1) is 0 Å². The second kappa shape index (κ2) is 13.9. The molecule has 0 aliphatic carbocycles. The molecule has 0 bridgehead atoms. The molecule has 4 heterocycles. The minimum absolute atomic E-state index is 0. The van der Waals surface area contributed by atoms with Crippen LogP contribution in [0.1, 0.15) is 0 Å². The van der Waals surface area contributed by atoms with Gasteiger partial charge >= 0.3 is 48.9 Å². The van der Waals surface area contributed by atoms with E-state index in [0.29, 0.717) is 54.6 Å². The molecular weight excluding hydrogens is 898 g/mol. The number of aromatic nitrogens is 4. The Balaban J connectivity index is 0.000000157. The van der Waals surface area contributed by atoms with Crippen LogP contribution in [0.15, 0.2) is 138 Å². The van der Waals surface area contributed by atoms with E-state index in [-0.39, 0.29) is 92.3 Å². The van der Waals surface area contributed by atoms with Crippen molar-refractivity contribution in [2.24, 2.45) is 0 Å². The quantitative estimate of drug-likeness (QED) is 0.105. The minimum Gasteiger partial charge on any atom is -0.744 e. The molecule has 0 saturated heterocycles. The van der Waals surface area contributed by atoms with Gasteiger partial charge in [-0.25, -0.2) is 16.8 Å². The van der Waals surface area contributed by atoms with E-state index in [2.05, 4.69) is 19.9 Å². The van der Waals surface area contributed by atoms with Crippen molar-refractivity contribution in [2.75, 3.05) is 0 Å². The number of hydrogen-bond donors (Lipinski definition) is 4. The second-order valence-electron chi connectivity index (χ2n) is 13.1. The van der Waals surface area contributed by atoms with E-state index in [4.69, 9.17) is 0 Å². The van der Waals surface area contributed by atoms with E-state index in [1.165, 1.54) is 36.4 Å². The third-order valence-corrected chi connectivity index (χ3v) is 11.5. The van der Waals surface area contributed by atoms with Crippen molar-refractivity contribution >= 4 is 156 Å². The Morgan fingerprint density at radius 3 is 1.00 bits per heavy atom. The van der Waals surface area contributed by atoms with E-state index in [0.717, 1.165) is 12.1 Å². The summed E-state index contributed by atoms with van der Waals surface area (Å²) < 4.78 is 69.5. The fraction of sp³-hybridized carbons (Fsp3) is 0. The Bertz CT molecular complexity index is 3620. The first-order valence-corrected chi connectivity index (χ1v) is 19.5. The summed E-state index contributed by atoms with van der Waals surface area (Å²) in [4.78, 5) is 62.8. The van der Waals surface area contributed by atoms with Gasteiger partial charge in [0, 0.05) is 43.4 Å². The normalized spacial score (nSPS) is 12.1. The summed E-state index contributed by atoms with van der Waals surface area (Å²) >= 11 is 0. The molecular formula is C40H22BaN4O10S2. The van der Waals surface area contributed by atoms with Crippen LogP contribution in [0.3, 0.4) is 0 Å². The van der Waals surface area contributed by atoms with Crippen LogP contribution < -0.4 is 21.7 Å². The molecule has 0 unspecified atom stereocenters. The zero-order valence-corrected chi connectivity index (χ0v) is 35.1. The Labute approximate surface area is 358 Å². The molecule has 0 fully saturated rings. The molecule has 276 valence electrons. The number of para-hydroxylation sites is 2. The molecule has 0 aliphatic rings. The van der Waals surface area contributed by atoms with Crippen LogP contribution in [-0.4, -0.2) is 94.8 Å². The number of benzene rings is 6. The van der Waals surface area contributed by atoms with Crippen molar-refractivity contribution in [3.8, 4) is 0 Å². The van der Waals surface area contributed by atoms with Crippen LogP contribution in [-0.2, 0) is 20.2 Å². The fourth-order valence-corrected chi connectivity index (χ4v) is 8.64. The zero-order chi connectivity index (χ0) is 39.3. The number of nitrogens with one attached hydrogen (secondary N) is 4. The molecule has 57 heavy (non-hydrogen) atoms. The van der Waals surface area contributed by atoms with Gasteiger partial charge in [-0.3, -0.25) is 19.2 Å². The predicted molar refractivity (Wildman–Crippen MR) is 217 cm³/mol. The molecule has 0 aliphatic heterocycles. The topological polar surface area (TPSA) is 246 Å². The molecule has 17 heteroatoms. The van der Waals surface area contributed by atoms with Gasteiger partial charge in [0.1, 0.15) is 20.2 Å². The first-order chi connectivity index (χ1) is 26.7. The van der Waals surface area contributed by atoms with E-state index in [1.54, 1.807) is 60.7 Å². The molecule has 14 nitrogen and oxygen atoms in total. The molecule has 0 spiro atoms. The molecule has 0 atom stereocenters. The summed E-state index contributed by atoms with van der Waals surface area (Å²) in [5.41, 5.74) is 1.80. The Morgan fingerprint density at radius 2 is 0.649 bits per heavy atom. The largest absolute Gasteiger partial charge is 2.00 e. The van der Waals surface area contributed by atoms with E-state index in [1.807, 2.05) is 0 Å². The average Bonchev–Trinajstić information content (AvgIpc) is 3.17. The van der Waals surface area contributed by atoms with Crippen molar-refractivity contribution in [1.29, 1.82) is 0 Å². The van der Waals surface area contributed by atoms with Crippen LogP contribution in [0.4, 0.5) is 0 Å². The SMILES string of the molecule is O=c1c2ccccc2[nH]c2cc3c(=O)c4c(S(=O)(=O)[O-])cccc4[nH]c3cc12.O=c1c2ccccc2[nH]c2cc3c(=O)c4c(S(=O)(=O)[O-])cccc4[nH]c3cc12.[Ba+2]. The number of aromatic amines is 4. The van der Waals surface area contributed by atoms with Gasteiger partial charge in [0.15, 0.2) is 21.7 Å². The minimum atomic E-state index is -4.83. The summed E-state index contributed by atoms with van der Waals surface area (Å²) in [5.74, 6) is 0. The Hall–Kier alpha value is -5.41. The van der Waals surface area contributed by atoms with E-state index in [9.17, 15) is 45.1 Å². The molecule has 6 aromatic carbocycles. The maximum absolute atomic E-state index is 13.0. The molecule has 10 aromatic rings. The van der Waals surface area contributed by atoms with Gasteiger partial charge in [-0.05, 0) is 72.8 Å². The molecule has 0 saturated carbocycles. The van der Waals surface area contributed by atoms with Crippen molar-refractivity contribution in [2.45, 2.75) is 9.79 Å². The van der Waals surface area contributed by atoms with Crippen LogP contribution in [0.2, 0.25) is 0 Å². The van der Waals surface area contributed by atoms with E-state index < -0.39 is 40.9 Å². The molecule has 4 aromatic heterocycles. The molecule has 10 rings (SSSR count). The summed E-state index contributed by atoms with van der Waals surface area (Å²) in [6, 6.07) is 28.2. The predicted octanol–water partition coefficient (Wildman–Crippen LogP) is 4.78. The van der Waals surface area contributed by atoms with Gasteiger partial charge < -0.3 is 29.0 Å². The zero-order valence-electron chi connectivity index (χ0n) is 29.0. The van der Waals surface area contributed by atoms with Crippen LogP contribution in [0.25, 0.3) is 87.2 Å². The number of pyridine rings is 4. The number of hydrogen-bond acceptors (Lipinski definition) is 10. The van der Waals surface area contributed by atoms with Gasteiger partial charge in [0.05, 0.1) is 53.7 Å². The van der Waals surface area contributed by atoms with Crippen LogP contribution >= 0.6 is 0 Å². The molecule has 0 amide bonds. The first-order valence-electron chi connectivity index (χ1n) is 16.7. The Kier molecular flexibility index (Phi) is 9.38. The summed E-state index contributed by atoms with van der Waals surface area (Å²) in [6.45, 7) is 0. The van der Waals surface area contributed by atoms with Crippen LogP contribution in [0, 0.1) is 0 Å². The van der Waals surface area contributed by atoms with E-state index >= 15 is 0 Å². The smallest absolute Gasteiger partial charge is 0.744 e. The van der Waals surface area contributed by atoms with Crippen LogP contribution in [0.5, 0.6) is 0 Å². The van der Waals surface area contributed by atoms with Gasteiger partial charge in [-0.2, -0.15) is 0 Å². The van der Waals surface area contributed by atoms with Crippen molar-refractivity contribution < 1.29 is 25.9 Å². The third kappa shape index (κ3) is 6.40. The number of H-pyrrole nitrogens is 4. The fourth-order valence-electron chi connectivity index (χ4n) is 7.24. The Morgan fingerprint density at radius 1 is 0.351 bits per heavy atom. The maximum atomic E-state index is 13.0. The second-order valence-corrected chi connectivity index (χ2v) is 15.8. The van der Waals surface area contributed by atoms with Gasteiger partial charge in [0.2, 0.25) is 0 Å². The summed E-state index contributed by atoms with van der Waals surface area (Å²) in [7, 11) is -9.65.